The minimum absolute atomic E-state index is 0.725. The van der Waals surface area contributed by atoms with Crippen molar-refractivity contribution in [3.63, 3.8) is 0 Å². The molecule has 0 aliphatic heterocycles. The quantitative estimate of drug-likeness (QED) is 0.645. The lowest BCUT2D eigenvalue weighted by molar-refractivity contribution is 0.731. The highest BCUT2D eigenvalue weighted by atomic mass is 15.0. The molecule has 0 aliphatic rings. The maximum absolute atomic E-state index is 8.82. The topological polar surface area (TPSA) is 28.7 Å². The Balaban J connectivity index is 3.00. The smallest absolute Gasteiger partial charge is 0.120 e. The molecule has 0 spiro atoms. The van der Waals surface area contributed by atoms with Crippen molar-refractivity contribution < 1.29 is 0 Å². The molecule has 2 nitrogen and oxygen atoms in total. The molecule has 0 atom stereocenters. The summed E-state index contributed by atoms with van der Waals surface area (Å²) in [5, 5.41) is 8.82. The van der Waals surface area contributed by atoms with Gasteiger partial charge in [-0.05, 0) is 18.6 Å². The summed E-state index contributed by atoms with van der Waals surface area (Å²) in [7, 11) is 0. The molecule has 68 valence electrons. The van der Waals surface area contributed by atoms with Crippen molar-refractivity contribution in [3.8, 4) is 6.07 Å². The van der Waals surface area contributed by atoms with Gasteiger partial charge >= 0.3 is 0 Å². The van der Waals surface area contributed by atoms with Crippen LogP contribution in [0.25, 0.3) is 0 Å². The lowest BCUT2D eigenvalue weighted by atomic mass is 10.2. The Labute approximate surface area is 79.1 Å². The second-order valence-electron chi connectivity index (χ2n) is 2.97. The number of hydrogen-bond donors (Lipinski definition) is 0. The van der Waals surface area contributed by atoms with Crippen LogP contribution in [0.4, 0.5) is 0 Å². The Hall–Kier alpha value is -1.49. The summed E-state index contributed by atoms with van der Waals surface area (Å²) in [4.78, 5) is 0. The standard InChI is InChI=1S/C11H14N2/c1-3-5-10-6-7-11(9-12)13(10)8-4-2/h4,6-7H,2-3,5,8H2,1H3. The zero-order chi connectivity index (χ0) is 9.68. The molecule has 0 N–H and O–H groups in total. The first kappa shape index (κ1) is 9.60. The van der Waals surface area contributed by atoms with Gasteiger partial charge in [-0.15, -0.1) is 6.58 Å². The second-order valence-corrected chi connectivity index (χ2v) is 2.97. The van der Waals surface area contributed by atoms with Gasteiger partial charge in [0.05, 0.1) is 0 Å². The third-order valence-corrected chi connectivity index (χ3v) is 2.00. The van der Waals surface area contributed by atoms with E-state index in [1.165, 1.54) is 5.69 Å². The highest BCUT2D eigenvalue weighted by Gasteiger charge is 2.04. The van der Waals surface area contributed by atoms with Crippen molar-refractivity contribution in [2.24, 2.45) is 0 Å². The minimum Gasteiger partial charge on any atom is -0.333 e. The lowest BCUT2D eigenvalue weighted by Crippen LogP contribution is -2.03. The number of nitrogens with zero attached hydrogens (tertiary/aromatic N) is 2. The van der Waals surface area contributed by atoms with Crippen LogP contribution >= 0.6 is 0 Å². The highest BCUT2D eigenvalue weighted by Crippen LogP contribution is 2.10. The SMILES string of the molecule is C=CCn1c(C#N)ccc1CCC. The molecular formula is C11H14N2. The van der Waals surface area contributed by atoms with Gasteiger partial charge in [0.1, 0.15) is 11.8 Å². The average Bonchev–Trinajstić information content (AvgIpc) is 2.50. The molecule has 1 rings (SSSR count). The van der Waals surface area contributed by atoms with Gasteiger partial charge in [-0.25, -0.2) is 0 Å². The number of allylic oxidation sites excluding steroid dienone is 1. The summed E-state index contributed by atoms with van der Waals surface area (Å²) in [5.74, 6) is 0. The van der Waals surface area contributed by atoms with Crippen molar-refractivity contribution >= 4 is 0 Å². The van der Waals surface area contributed by atoms with Gasteiger partial charge in [0.2, 0.25) is 0 Å². The summed E-state index contributed by atoms with van der Waals surface area (Å²) in [6, 6.07) is 6.06. The van der Waals surface area contributed by atoms with Crippen LogP contribution < -0.4 is 0 Å². The van der Waals surface area contributed by atoms with Crippen LogP contribution in [-0.2, 0) is 13.0 Å². The molecular weight excluding hydrogens is 160 g/mol. The normalized spacial score (nSPS) is 9.54. The average molecular weight is 174 g/mol. The predicted molar refractivity (Wildman–Crippen MR) is 53.3 cm³/mol. The van der Waals surface area contributed by atoms with Crippen LogP contribution in [0.5, 0.6) is 0 Å². The van der Waals surface area contributed by atoms with Crippen LogP contribution in [-0.4, -0.2) is 4.57 Å². The maximum Gasteiger partial charge on any atom is 0.120 e. The molecule has 0 aromatic carbocycles. The van der Waals surface area contributed by atoms with Crippen LogP contribution in [0.2, 0.25) is 0 Å². The predicted octanol–water partition coefficient (Wildman–Crippen LogP) is 2.50. The van der Waals surface area contributed by atoms with Crippen LogP contribution in [0.3, 0.4) is 0 Å². The van der Waals surface area contributed by atoms with E-state index in [1.54, 1.807) is 0 Å². The van der Waals surface area contributed by atoms with Gasteiger partial charge in [-0.2, -0.15) is 5.26 Å². The fourth-order valence-corrected chi connectivity index (χ4v) is 1.43. The molecule has 1 aromatic heterocycles. The van der Waals surface area contributed by atoms with Crippen molar-refractivity contribution in [2.75, 3.05) is 0 Å². The first-order valence-corrected chi connectivity index (χ1v) is 4.52. The number of hydrogen-bond acceptors (Lipinski definition) is 1. The molecule has 0 amide bonds. The van der Waals surface area contributed by atoms with Crippen LogP contribution in [0.1, 0.15) is 24.7 Å². The summed E-state index contributed by atoms with van der Waals surface area (Å²) in [6.07, 6.45) is 3.95. The van der Waals surface area contributed by atoms with Gasteiger partial charge < -0.3 is 4.57 Å². The zero-order valence-corrected chi connectivity index (χ0v) is 7.95. The third-order valence-electron chi connectivity index (χ3n) is 2.00. The molecule has 0 bridgehead atoms. The first-order chi connectivity index (χ1) is 6.33. The van der Waals surface area contributed by atoms with E-state index in [-0.39, 0.29) is 0 Å². The highest BCUT2D eigenvalue weighted by molar-refractivity contribution is 5.27. The molecule has 0 aliphatic carbocycles. The monoisotopic (exact) mass is 174 g/mol. The Morgan fingerprint density at radius 3 is 2.92 bits per heavy atom. The summed E-state index contributed by atoms with van der Waals surface area (Å²) in [5.41, 5.74) is 1.95. The molecule has 0 unspecified atom stereocenters. The Morgan fingerprint density at radius 1 is 1.62 bits per heavy atom. The maximum atomic E-state index is 8.82. The van der Waals surface area contributed by atoms with Crippen molar-refractivity contribution in [2.45, 2.75) is 26.3 Å². The van der Waals surface area contributed by atoms with E-state index in [4.69, 9.17) is 5.26 Å². The lowest BCUT2D eigenvalue weighted by Gasteiger charge is -2.06. The molecule has 0 saturated carbocycles. The number of aryl methyl sites for hydroxylation is 1. The van der Waals surface area contributed by atoms with E-state index in [0.29, 0.717) is 0 Å². The third kappa shape index (κ3) is 2.00. The number of nitriles is 1. The van der Waals surface area contributed by atoms with Crippen LogP contribution in [0, 0.1) is 11.3 Å². The fourth-order valence-electron chi connectivity index (χ4n) is 1.43. The van der Waals surface area contributed by atoms with Gasteiger partial charge in [0.15, 0.2) is 0 Å². The van der Waals surface area contributed by atoms with Crippen molar-refractivity contribution in [3.05, 3.63) is 36.2 Å². The number of aromatic nitrogens is 1. The van der Waals surface area contributed by atoms with E-state index < -0.39 is 0 Å². The second kappa shape index (κ2) is 4.51. The summed E-state index contributed by atoms with van der Waals surface area (Å²) >= 11 is 0. The van der Waals surface area contributed by atoms with Gasteiger partial charge in [-0.3, -0.25) is 0 Å². The van der Waals surface area contributed by atoms with E-state index in [2.05, 4.69) is 19.6 Å². The molecule has 1 aromatic rings. The molecule has 2 heteroatoms. The molecule has 0 fully saturated rings. The van der Waals surface area contributed by atoms with Gasteiger partial charge in [-0.1, -0.05) is 19.4 Å². The molecule has 0 radical (unpaired) electrons. The first-order valence-electron chi connectivity index (χ1n) is 4.52. The molecule has 0 saturated heterocycles. The van der Waals surface area contributed by atoms with Crippen molar-refractivity contribution in [1.29, 1.82) is 5.26 Å². The van der Waals surface area contributed by atoms with Crippen LogP contribution in [0.15, 0.2) is 24.8 Å². The largest absolute Gasteiger partial charge is 0.333 e. The van der Waals surface area contributed by atoms with E-state index in [0.717, 1.165) is 25.1 Å². The minimum atomic E-state index is 0.725. The van der Waals surface area contributed by atoms with E-state index in [1.807, 2.05) is 22.8 Å². The summed E-state index contributed by atoms with van der Waals surface area (Å²) in [6.45, 7) is 6.55. The molecule has 1 heterocycles. The van der Waals surface area contributed by atoms with Crippen molar-refractivity contribution in [1.82, 2.24) is 4.57 Å². The van der Waals surface area contributed by atoms with Gasteiger partial charge in [0.25, 0.3) is 0 Å². The Kier molecular flexibility index (Phi) is 3.33. The zero-order valence-electron chi connectivity index (χ0n) is 7.95. The summed E-state index contributed by atoms with van der Waals surface area (Å²) < 4.78 is 2.01. The molecule has 13 heavy (non-hydrogen) atoms. The fraction of sp³-hybridized carbons (Fsp3) is 0.364. The van der Waals surface area contributed by atoms with E-state index >= 15 is 0 Å². The number of rotatable bonds is 4. The Bertz CT molecular complexity index is 328. The van der Waals surface area contributed by atoms with Gasteiger partial charge in [0, 0.05) is 12.2 Å². The van der Waals surface area contributed by atoms with E-state index in [9.17, 15) is 0 Å². The Morgan fingerprint density at radius 2 is 2.38 bits per heavy atom.